The first kappa shape index (κ1) is 19.0. The molecule has 0 atom stereocenters. The number of rotatable bonds is 5. The van der Waals surface area contributed by atoms with Crippen molar-refractivity contribution in [2.24, 2.45) is 0 Å². The molecule has 0 aliphatic rings. The number of nitrogens with zero attached hydrogens (tertiary/aromatic N) is 1. The lowest BCUT2D eigenvalue weighted by Crippen LogP contribution is -2.25. The molecule has 0 saturated heterocycles. The van der Waals surface area contributed by atoms with Gasteiger partial charge in [0.25, 0.3) is 0 Å². The summed E-state index contributed by atoms with van der Waals surface area (Å²) in [5.74, 6) is 0.0647. The Hall–Kier alpha value is -0.360. The van der Waals surface area contributed by atoms with Gasteiger partial charge in [0, 0.05) is 17.8 Å². The van der Waals surface area contributed by atoms with Crippen LogP contribution in [0.4, 0.5) is 0 Å². The van der Waals surface area contributed by atoms with Gasteiger partial charge in [-0.15, -0.1) is 36.2 Å². The number of thiazole rings is 1. The van der Waals surface area contributed by atoms with E-state index in [1.165, 1.54) is 4.88 Å². The number of halogens is 2. The predicted octanol–water partition coefficient (Wildman–Crippen LogP) is 1.83. The number of carbonyl (C=O) groups is 1. The Balaban J connectivity index is 0. The second kappa shape index (κ2) is 9.65. The molecule has 0 aliphatic heterocycles. The van der Waals surface area contributed by atoms with E-state index in [0.717, 1.165) is 10.7 Å². The van der Waals surface area contributed by atoms with Crippen LogP contribution >= 0.6 is 36.2 Å². The standard InChI is InChI=1S/C10H17N3OS.2ClH/c1-7-8(2)15-10(13-7)6-12-9(14)4-5-11-3;;/h11H,4-6H2,1-3H3,(H,12,14);2*1H. The Morgan fingerprint density at radius 2 is 2.00 bits per heavy atom. The Kier molecular flexibility index (Phi) is 10.8. The third kappa shape index (κ3) is 6.83. The lowest BCUT2D eigenvalue weighted by atomic mass is 10.4. The van der Waals surface area contributed by atoms with Crippen molar-refractivity contribution in [2.75, 3.05) is 13.6 Å². The number of nitrogens with one attached hydrogen (secondary N) is 2. The quantitative estimate of drug-likeness (QED) is 0.872. The molecule has 100 valence electrons. The van der Waals surface area contributed by atoms with Crippen LogP contribution in [0.2, 0.25) is 0 Å². The summed E-state index contributed by atoms with van der Waals surface area (Å²) in [6.07, 6.45) is 0.514. The van der Waals surface area contributed by atoms with Crippen molar-refractivity contribution < 1.29 is 4.79 Å². The minimum atomic E-state index is 0. The smallest absolute Gasteiger partial charge is 0.221 e. The second-order valence-corrected chi connectivity index (χ2v) is 4.67. The summed E-state index contributed by atoms with van der Waals surface area (Å²) in [6, 6.07) is 0. The molecule has 0 saturated carbocycles. The maximum atomic E-state index is 11.3. The lowest BCUT2D eigenvalue weighted by molar-refractivity contribution is -0.121. The normalized spacial score (nSPS) is 9.12. The topological polar surface area (TPSA) is 54.0 Å². The number of hydrogen-bond donors (Lipinski definition) is 2. The minimum absolute atomic E-state index is 0. The van der Waals surface area contributed by atoms with E-state index in [1.54, 1.807) is 11.3 Å². The van der Waals surface area contributed by atoms with Crippen LogP contribution in [0.25, 0.3) is 0 Å². The zero-order valence-corrected chi connectivity index (χ0v) is 12.7. The Labute approximate surface area is 118 Å². The van der Waals surface area contributed by atoms with Crippen LogP contribution in [-0.2, 0) is 11.3 Å². The molecular formula is C10H19Cl2N3OS. The van der Waals surface area contributed by atoms with Gasteiger partial charge in [-0.3, -0.25) is 4.79 Å². The van der Waals surface area contributed by atoms with Crippen LogP contribution in [0.5, 0.6) is 0 Å². The molecule has 1 amide bonds. The van der Waals surface area contributed by atoms with Crippen molar-refractivity contribution in [3.63, 3.8) is 0 Å². The maximum absolute atomic E-state index is 11.3. The van der Waals surface area contributed by atoms with E-state index < -0.39 is 0 Å². The van der Waals surface area contributed by atoms with Crippen LogP contribution in [0.15, 0.2) is 0 Å². The van der Waals surface area contributed by atoms with E-state index in [2.05, 4.69) is 15.6 Å². The zero-order valence-electron chi connectivity index (χ0n) is 10.2. The molecule has 0 bridgehead atoms. The molecule has 0 aliphatic carbocycles. The molecule has 0 radical (unpaired) electrons. The summed E-state index contributed by atoms with van der Waals surface area (Å²) in [5, 5.41) is 6.75. The Morgan fingerprint density at radius 3 is 2.47 bits per heavy atom. The van der Waals surface area contributed by atoms with Gasteiger partial charge in [-0.1, -0.05) is 0 Å². The van der Waals surface area contributed by atoms with Crippen molar-refractivity contribution in [3.05, 3.63) is 15.6 Å². The van der Waals surface area contributed by atoms with Gasteiger partial charge < -0.3 is 10.6 Å². The van der Waals surface area contributed by atoms with E-state index >= 15 is 0 Å². The first-order chi connectivity index (χ1) is 7.13. The molecule has 0 unspecified atom stereocenters. The molecule has 1 aromatic rings. The van der Waals surface area contributed by atoms with Gasteiger partial charge in [0.1, 0.15) is 5.01 Å². The average Bonchev–Trinajstić information content (AvgIpc) is 2.52. The van der Waals surface area contributed by atoms with Crippen LogP contribution in [-0.4, -0.2) is 24.5 Å². The van der Waals surface area contributed by atoms with Crippen LogP contribution < -0.4 is 10.6 Å². The highest BCUT2D eigenvalue weighted by Gasteiger charge is 2.05. The van der Waals surface area contributed by atoms with Crippen LogP contribution in [0.1, 0.15) is 22.0 Å². The van der Waals surface area contributed by atoms with E-state index in [0.29, 0.717) is 19.5 Å². The highest BCUT2D eigenvalue weighted by Crippen LogP contribution is 2.15. The fourth-order valence-electron chi connectivity index (χ4n) is 1.12. The van der Waals surface area contributed by atoms with Gasteiger partial charge in [0.15, 0.2) is 0 Å². The van der Waals surface area contributed by atoms with Gasteiger partial charge in [-0.2, -0.15) is 0 Å². The van der Waals surface area contributed by atoms with Gasteiger partial charge >= 0.3 is 0 Å². The third-order valence-electron chi connectivity index (χ3n) is 2.11. The molecule has 0 spiro atoms. The Bertz CT molecular complexity index is 325. The van der Waals surface area contributed by atoms with E-state index in [1.807, 2.05) is 20.9 Å². The number of carbonyl (C=O) groups excluding carboxylic acids is 1. The first-order valence-corrected chi connectivity index (χ1v) is 5.79. The van der Waals surface area contributed by atoms with Crippen LogP contribution in [0.3, 0.4) is 0 Å². The summed E-state index contributed by atoms with van der Waals surface area (Å²) in [6.45, 7) is 5.28. The zero-order chi connectivity index (χ0) is 11.3. The monoisotopic (exact) mass is 299 g/mol. The maximum Gasteiger partial charge on any atom is 0.221 e. The molecule has 0 aromatic carbocycles. The van der Waals surface area contributed by atoms with Crippen molar-refractivity contribution in [2.45, 2.75) is 26.8 Å². The largest absolute Gasteiger partial charge is 0.350 e. The van der Waals surface area contributed by atoms with Crippen molar-refractivity contribution >= 4 is 42.1 Å². The average molecular weight is 300 g/mol. The summed E-state index contributed by atoms with van der Waals surface area (Å²) in [7, 11) is 1.83. The third-order valence-corrected chi connectivity index (χ3v) is 3.18. The molecule has 0 fully saturated rings. The fraction of sp³-hybridized carbons (Fsp3) is 0.600. The van der Waals surface area contributed by atoms with Crippen molar-refractivity contribution in [1.29, 1.82) is 0 Å². The predicted molar refractivity (Wildman–Crippen MR) is 76.5 cm³/mol. The molecule has 1 aromatic heterocycles. The number of hydrogen-bond acceptors (Lipinski definition) is 4. The van der Waals surface area contributed by atoms with Crippen molar-refractivity contribution in [1.82, 2.24) is 15.6 Å². The second-order valence-electron chi connectivity index (χ2n) is 3.38. The van der Waals surface area contributed by atoms with E-state index in [-0.39, 0.29) is 30.7 Å². The number of aromatic nitrogens is 1. The van der Waals surface area contributed by atoms with Gasteiger partial charge in [-0.05, 0) is 20.9 Å². The van der Waals surface area contributed by atoms with E-state index in [4.69, 9.17) is 0 Å². The van der Waals surface area contributed by atoms with E-state index in [9.17, 15) is 4.79 Å². The van der Waals surface area contributed by atoms with Gasteiger partial charge in [0.05, 0.1) is 12.2 Å². The summed E-state index contributed by atoms with van der Waals surface area (Å²) >= 11 is 1.64. The summed E-state index contributed by atoms with van der Waals surface area (Å²) < 4.78 is 0. The molecule has 1 rings (SSSR count). The van der Waals surface area contributed by atoms with Gasteiger partial charge in [-0.25, -0.2) is 4.98 Å². The van der Waals surface area contributed by atoms with Crippen molar-refractivity contribution in [3.8, 4) is 0 Å². The summed E-state index contributed by atoms with van der Waals surface area (Å²) in [4.78, 5) is 16.9. The molecule has 7 heteroatoms. The Morgan fingerprint density at radius 1 is 1.35 bits per heavy atom. The SMILES string of the molecule is CNCCC(=O)NCc1nc(C)c(C)s1.Cl.Cl. The molecular weight excluding hydrogens is 281 g/mol. The first-order valence-electron chi connectivity index (χ1n) is 4.97. The fourth-order valence-corrected chi connectivity index (χ4v) is 1.99. The number of aryl methyl sites for hydroxylation is 2. The van der Waals surface area contributed by atoms with Crippen LogP contribution in [0, 0.1) is 13.8 Å². The highest BCUT2D eigenvalue weighted by molar-refractivity contribution is 7.11. The molecule has 1 heterocycles. The highest BCUT2D eigenvalue weighted by atomic mass is 35.5. The molecule has 4 nitrogen and oxygen atoms in total. The molecule has 2 N–H and O–H groups in total. The number of amides is 1. The van der Waals surface area contributed by atoms with Gasteiger partial charge in [0.2, 0.25) is 5.91 Å². The minimum Gasteiger partial charge on any atom is -0.350 e. The summed E-state index contributed by atoms with van der Waals surface area (Å²) in [5.41, 5.74) is 1.06. The lowest BCUT2D eigenvalue weighted by Gasteiger charge is -2.01. The molecule has 17 heavy (non-hydrogen) atoms.